The number of ether oxygens (including phenoxy) is 1. The van der Waals surface area contributed by atoms with E-state index in [1.807, 2.05) is 0 Å². The largest absolute Gasteiger partial charge is 0.462 e. The van der Waals surface area contributed by atoms with Crippen LogP contribution in [-0.4, -0.2) is 12.6 Å². The monoisotopic (exact) mass is 366 g/mol. The molecule has 0 heterocycles. The summed E-state index contributed by atoms with van der Waals surface area (Å²) in [6.45, 7) is 1.16. The molecule has 0 spiro atoms. The Kier molecular flexibility index (Phi) is 5.16. The quantitative estimate of drug-likeness (QED) is 0.413. The van der Waals surface area contributed by atoms with Crippen LogP contribution in [0.2, 0.25) is 10.0 Å². The van der Waals surface area contributed by atoms with Gasteiger partial charge < -0.3 is 4.74 Å². The highest BCUT2D eigenvalue weighted by Gasteiger charge is 2.31. The first-order valence-electron chi connectivity index (χ1n) is 6.28. The number of carbonyl (C=O) groups is 1. The zero-order chi connectivity index (χ0) is 17.3. The van der Waals surface area contributed by atoms with E-state index in [-0.39, 0.29) is 22.2 Å². The molecular weight excluding hydrogens is 359 g/mol. The van der Waals surface area contributed by atoms with E-state index in [1.165, 1.54) is 19.1 Å². The van der Waals surface area contributed by atoms with Crippen molar-refractivity contribution < 1.29 is 27.1 Å². The smallest absolute Gasteiger partial charge is 0.344 e. The Morgan fingerprint density at radius 2 is 1.61 bits per heavy atom. The molecule has 0 amide bonds. The third kappa shape index (κ3) is 3.14. The number of benzene rings is 2. The third-order valence-corrected chi connectivity index (χ3v) is 3.51. The summed E-state index contributed by atoms with van der Waals surface area (Å²) in [5, 5.41) is -0.117. The Labute approximate surface area is 138 Å². The molecule has 0 aliphatic rings. The van der Waals surface area contributed by atoms with Gasteiger partial charge in [-0.3, -0.25) is 0 Å². The van der Waals surface area contributed by atoms with Crippen LogP contribution in [0.25, 0.3) is 11.1 Å². The van der Waals surface area contributed by atoms with E-state index in [0.717, 1.165) is 6.07 Å². The van der Waals surface area contributed by atoms with Crippen molar-refractivity contribution >= 4 is 29.2 Å². The van der Waals surface area contributed by atoms with Crippen LogP contribution in [0.1, 0.15) is 17.3 Å². The van der Waals surface area contributed by atoms with Gasteiger partial charge in [-0.15, -0.1) is 0 Å². The lowest BCUT2D eigenvalue weighted by molar-refractivity contribution is 0.0512. The van der Waals surface area contributed by atoms with Crippen LogP contribution in [0.15, 0.2) is 18.2 Å². The van der Waals surface area contributed by atoms with Gasteiger partial charge in [0.2, 0.25) is 0 Å². The van der Waals surface area contributed by atoms with E-state index in [4.69, 9.17) is 23.2 Å². The van der Waals surface area contributed by atoms with Crippen molar-refractivity contribution in [3.8, 4) is 11.1 Å². The van der Waals surface area contributed by atoms with E-state index in [9.17, 15) is 22.4 Å². The molecule has 0 aliphatic carbocycles. The fourth-order valence-corrected chi connectivity index (χ4v) is 2.32. The SMILES string of the molecule is CCOC(=O)c1c(F)c(F)c(-c2cc(Cl)ccc2Cl)c(F)c1F. The summed E-state index contributed by atoms with van der Waals surface area (Å²) in [6.07, 6.45) is 0. The Balaban J connectivity index is 2.78. The Hall–Kier alpha value is -1.79. The first-order valence-corrected chi connectivity index (χ1v) is 7.03. The summed E-state index contributed by atoms with van der Waals surface area (Å²) in [4.78, 5) is 11.5. The third-order valence-electron chi connectivity index (χ3n) is 2.94. The molecule has 2 aromatic rings. The van der Waals surface area contributed by atoms with Gasteiger partial charge in [0.1, 0.15) is 5.56 Å². The fourth-order valence-electron chi connectivity index (χ4n) is 1.94. The molecule has 0 unspecified atom stereocenters. The maximum atomic E-state index is 14.2. The maximum Gasteiger partial charge on any atom is 0.344 e. The number of hydrogen-bond acceptors (Lipinski definition) is 2. The highest BCUT2D eigenvalue weighted by atomic mass is 35.5. The molecule has 23 heavy (non-hydrogen) atoms. The summed E-state index contributed by atoms with van der Waals surface area (Å²) >= 11 is 11.5. The number of halogens is 6. The molecule has 0 saturated carbocycles. The molecule has 0 fully saturated rings. The Bertz CT molecular complexity index is 765. The van der Waals surface area contributed by atoms with E-state index in [2.05, 4.69) is 4.74 Å². The van der Waals surface area contributed by atoms with Gasteiger partial charge in [0.05, 0.1) is 12.2 Å². The molecule has 0 radical (unpaired) electrons. The summed E-state index contributed by atoms with van der Waals surface area (Å²) < 4.78 is 60.9. The maximum absolute atomic E-state index is 14.2. The second-order valence-corrected chi connectivity index (χ2v) is 5.19. The van der Waals surface area contributed by atoms with Crippen molar-refractivity contribution in [2.45, 2.75) is 6.92 Å². The summed E-state index contributed by atoms with van der Waals surface area (Å²) in [5.74, 6) is -8.78. The minimum Gasteiger partial charge on any atom is -0.462 e. The molecular formula is C15H8Cl2F4O2. The molecule has 2 aromatic carbocycles. The summed E-state index contributed by atoms with van der Waals surface area (Å²) in [7, 11) is 0. The molecule has 2 nitrogen and oxygen atoms in total. The Morgan fingerprint density at radius 1 is 1.04 bits per heavy atom. The van der Waals surface area contributed by atoms with Gasteiger partial charge >= 0.3 is 5.97 Å². The van der Waals surface area contributed by atoms with Crippen LogP contribution < -0.4 is 0 Å². The summed E-state index contributed by atoms with van der Waals surface area (Å²) in [6, 6.07) is 3.60. The van der Waals surface area contributed by atoms with Gasteiger partial charge in [0.25, 0.3) is 0 Å². The standard InChI is InChI=1S/C15H8Cl2F4O2/c1-2-23-15(22)10-13(20)11(18)9(12(19)14(10)21)7-5-6(16)3-4-8(7)17/h3-5H,2H2,1H3. The predicted molar refractivity (Wildman–Crippen MR) is 77.7 cm³/mol. The van der Waals surface area contributed by atoms with Crippen molar-refractivity contribution in [3.05, 3.63) is 57.1 Å². The molecule has 2 rings (SSSR count). The lowest BCUT2D eigenvalue weighted by Crippen LogP contribution is -2.14. The number of esters is 1. The highest BCUT2D eigenvalue weighted by molar-refractivity contribution is 6.35. The van der Waals surface area contributed by atoms with Crippen LogP contribution in [0.3, 0.4) is 0 Å². The molecule has 122 valence electrons. The van der Waals surface area contributed by atoms with Crippen LogP contribution in [0, 0.1) is 23.3 Å². The number of rotatable bonds is 3. The van der Waals surface area contributed by atoms with E-state index >= 15 is 0 Å². The van der Waals surface area contributed by atoms with Gasteiger partial charge in [-0.1, -0.05) is 23.2 Å². The van der Waals surface area contributed by atoms with Crippen LogP contribution in [0.4, 0.5) is 17.6 Å². The van der Waals surface area contributed by atoms with Crippen molar-refractivity contribution in [3.63, 3.8) is 0 Å². The topological polar surface area (TPSA) is 26.3 Å². The normalized spacial score (nSPS) is 10.7. The second-order valence-electron chi connectivity index (χ2n) is 4.35. The van der Waals surface area contributed by atoms with Crippen molar-refractivity contribution in [1.29, 1.82) is 0 Å². The summed E-state index contributed by atoms with van der Waals surface area (Å²) in [5.41, 5.74) is -2.84. The van der Waals surface area contributed by atoms with Crippen LogP contribution in [-0.2, 0) is 4.74 Å². The number of hydrogen-bond donors (Lipinski definition) is 0. The van der Waals surface area contributed by atoms with Crippen molar-refractivity contribution in [2.24, 2.45) is 0 Å². The molecule has 0 bridgehead atoms. The average molecular weight is 367 g/mol. The van der Waals surface area contributed by atoms with Crippen molar-refractivity contribution in [2.75, 3.05) is 6.61 Å². The number of carbonyl (C=O) groups excluding carboxylic acids is 1. The van der Waals surface area contributed by atoms with Gasteiger partial charge in [0.15, 0.2) is 23.3 Å². The van der Waals surface area contributed by atoms with Crippen LogP contribution >= 0.6 is 23.2 Å². The molecule has 0 saturated heterocycles. The zero-order valence-electron chi connectivity index (χ0n) is 11.5. The first-order chi connectivity index (χ1) is 10.8. The fraction of sp³-hybridized carbons (Fsp3) is 0.133. The second kappa shape index (κ2) is 6.76. The lowest BCUT2D eigenvalue weighted by Gasteiger charge is -2.12. The first kappa shape index (κ1) is 17.6. The van der Waals surface area contributed by atoms with Gasteiger partial charge in [0, 0.05) is 15.6 Å². The minimum absolute atomic E-state index is 0.0542. The van der Waals surface area contributed by atoms with E-state index in [0.29, 0.717) is 0 Å². The lowest BCUT2D eigenvalue weighted by atomic mass is 10.0. The zero-order valence-corrected chi connectivity index (χ0v) is 13.0. The van der Waals surface area contributed by atoms with Crippen molar-refractivity contribution in [1.82, 2.24) is 0 Å². The molecule has 8 heteroatoms. The predicted octanol–water partition coefficient (Wildman–Crippen LogP) is 5.39. The van der Waals surface area contributed by atoms with Gasteiger partial charge in [-0.25, -0.2) is 22.4 Å². The van der Waals surface area contributed by atoms with Crippen LogP contribution in [0.5, 0.6) is 0 Å². The van der Waals surface area contributed by atoms with E-state index in [1.54, 1.807) is 0 Å². The molecule has 0 aromatic heterocycles. The highest BCUT2D eigenvalue weighted by Crippen LogP contribution is 2.37. The van der Waals surface area contributed by atoms with E-state index < -0.39 is 40.4 Å². The Morgan fingerprint density at radius 3 is 2.13 bits per heavy atom. The van der Waals surface area contributed by atoms with Gasteiger partial charge in [-0.05, 0) is 25.1 Å². The molecule has 0 N–H and O–H groups in total. The van der Waals surface area contributed by atoms with Gasteiger partial charge in [-0.2, -0.15) is 0 Å². The molecule has 0 aliphatic heterocycles. The molecule has 0 atom stereocenters. The minimum atomic E-state index is -1.87. The average Bonchev–Trinajstić information content (AvgIpc) is 2.49.